The Labute approximate surface area is 95.0 Å². The topological polar surface area (TPSA) is 56.8 Å². The van der Waals surface area contributed by atoms with Gasteiger partial charge in [0.25, 0.3) is 0 Å². The molecule has 0 saturated heterocycles. The van der Waals surface area contributed by atoms with Crippen molar-refractivity contribution in [1.29, 1.82) is 0 Å². The second-order valence-electron chi connectivity index (χ2n) is 2.74. The first kappa shape index (κ1) is 14.6. The lowest BCUT2D eigenvalue weighted by Crippen LogP contribution is -2.39. The summed E-state index contributed by atoms with van der Waals surface area (Å²) < 4.78 is 14.9. The monoisotopic (exact) mass is 239 g/mol. The number of likely N-dealkylation sites (N-methyl/N-ethyl adjacent to an activating group) is 1. The Morgan fingerprint density at radius 2 is 2.00 bits per heavy atom. The second kappa shape index (κ2) is 10.2. The maximum atomic E-state index is 11.1. The van der Waals surface area contributed by atoms with Crippen LogP contribution in [0.2, 0.25) is 0 Å². The molecule has 0 aromatic heterocycles. The fourth-order valence-electron chi connectivity index (χ4n) is 0.887. The molecule has 0 unspecified atom stereocenters. The van der Waals surface area contributed by atoms with Crippen LogP contribution in [-0.4, -0.2) is 58.5 Å². The molecule has 0 aliphatic rings. The Morgan fingerprint density at radius 3 is 2.53 bits per heavy atom. The van der Waals surface area contributed by atoms with Crippen LogP contribution >= 0.6 is 11.6 Å². The van der Waals surface area contributed by atoms with E-state index in [4.69, 9.17) is 21.1 Å². The highest BCUT2D eigenvalue weighted by Crippen LogP contribution is 1.89. The first-order chi connectivity index (χ1) is 7.26. The Balaban J connectivity index is 3.42. The van der Waals surface area contributed by atoms with Gasteiger partial charge in [-0.25, -0.2) is 0 Å². The van der Waals surface area contributed by atoms with Crippen molar-refractivity contribution in [3.8, 4) is 0 Å². The van der Waals surface area contributed by atoms with E-state index in [1.807, 2.05) is 0 Å². The average Bonchev–Trinajstić information content (AvgIpc) is 2.27. The van der Waals surface area contributed by atoms with E-state index in [1.54, 1.807) is 7.05 Å². The predicted octanol–water partition coefficient (Wildman–Crippen LogP) is 0.0194. The number of hydrogen-bond acceptors (Lipinski definition) is 5. The molecule has 15 heavy (non-hydrogen) atoms. The number of hydrogen-bond donors (Lipinski definition) is 1. The van der Waals surface area contributed by atoms with Gasteiger partial charge < -0.3 is 19.5 Å². The molecule has 0 rings (SSSR count). The Morgan fingerprint density at radius 1 is 1.33 bits per heavy atom. The molecule has 5 nitrogen and oxygen atoms in total. The second-order valence-corrected chi connectivity index (χ2v) is 3.12. The molecule has 0 amide bonds. The third kappa shape index (κ3) is 7.56. The van der Waals surface area contributed by atoms with E-state index in [0.29, 0.717) is 25.7 Å². The fourth-order valence-corrected chi connectivity index (χ4v) is 0.996. The Hall–Kier alpha value is -0.360. The molecule has 0 aliphatic heterocycles. The zero-order chi connectivity index (χ0) is 11.5. The summed E-state index contributed by atoms with van der Waals surface area (Å²) >= 11 is 5.41. The van der Waals surface area contributed by atoms with Crippen molar-refractivity contribution < 1.29 is 19.0 Å². The van der Waals surface area contributed by atoms with Crippen LogP contribution in [0.4, 0.5) is 0 Å². The van der Waals surface area contributed by atoms with Gasteiger partial charge in [-0.05, 0) is 7.05 Å². The molecular formula is C9H18ClNO4. The van der Waals surface area contributed by atoms with Crippen molar-refractivity contribution in [2.45, 2.75) is 6.04 Å². The van der Waals surface area contributed by atoms with Crippen LogP contribution in [0.3, 0.4) is 0 Å². The van der Waals surface area contributed by atoms with E-state index in [1.165, 1.54) is 7.11 Å². The minimum absolute atomic E-state index is 0.271. The summed E-state index contributed by atoms with van der Waals surface area (Å²) in [6, 6.07) is -0.428. The number of rotatable bonds is 9. The van der Waals surface area contributed by atoms with Gasteiger partial charge in [0.05, 0.1) is 33.5 Å². The van der Waals surface area contributed by atoms with E-state index >= 15 is 0 Å². The molecule has 0 saturated carbocycles. The van der Waals surface area contributed by atoms with Gasteiger partial charge in [0.2, 0.25) is 0 Å². The average molecular weight is 240 g/mol. The zero-order valence-electron chi connectivity index (χ0n) is 9.12. The minimum atomic E-state index is -0.428. The SMILES string of the molecule is CN[C@@H](COCCOCCCl)C(=O)OC. The lowest BCUT2D eigenvalue weighted by Gasteiger charge is -2.13. The number of ether oxygens (including phenoxy) is 3. The summed E-state index contributed by atoms with van der Waals surface area (Å²) in [5.74, 6) is 0.139. The highest BCUT2D eigenvalue weighted by Gasteiger charge is 2.16. The van der Waals surface area contributed by atoms with E-state index < -0.39 is 6.04 Å². The van der Waals surface area contributed by atoms with Crippen molar-refractivity contribution in [3.05, 3.63) is 0 Å². The van der Waals surface area contributed by atoms with Gasteiger partial charge in [-0.2, -0.15) is 0 Å². The number of carbonyl (C=O) groups is 1. The van der Waals surface area contributed by atoms with Crippen molar-refractivity contribution in [2.24, 2.45) is 0 Å². The van der Waals surface area contributed by atoms with Gasteiger partial charge in [-0.15, -0.1) is 11.6 Å². The molecule has 0 aromatic rings. The van der Waals surface area contributed by atoms with Gasteiger partial charge in [0.1, 0.15) is 6.04 Å². The molecular weight excluding hydrogens is 222 g/mol. The maximum absolute atomic E-state index is 11.1. The van der Waals surface area contributed by atoms with E-state index in [9.17, 15) is 4.79 Å². The number of halogens is 1. The van der Waals surface area contributed by atoms with Crippen molar-refractivity contribution in [3.63, 3.8) is 0 Å². The quantitative estimate of drug-likeness (QED) is 0.349. The largest absolute Gasteiger partial charge is 0.468 e. The molecule has 0 fully saturated rings. The van der Waals surface area contributed by atoms with Crippen LogP contribution in [0.5, 0.6) is 0 Å². The molecule has 0 aliphatic carbocycles. The third-order valence-electron chi connectivity index (χ3n) is 1.71. The summed E-state index contributed by atoms with van der Waals surface area (Å²) in [5, 5.41) is 2.79. The predicted molar refractivity (Wildman–Crippen MR) is 57.2 cm³/mol. The first-order valence-corrected chi connectivity index (χ1v) is 5.26. The smallest absolute Gasteiger partial charge is 0.325 e. The molecule has 6 heteroatoms. The van der Waals surface area contributed by atoms with Crippen molar-refractivity contribution in [2.75, 3.05) is 46.5 Å². The summed E-state index contributed by atoms with van der Waals surface area (Å²) in [7, 11) is 3.02. The van der Waals surface area contributed by atoms with E-state index in [-0.39, 0.29) is 12.6 Å². The molecule has 90 valence electrons. The van der Waals surface area contributed by atoms with Gasteiger partial charge in [-0.1, -0.05) is 0 Å². The molecule has 1 N–H and O–H groups in total. The Bertz CT molecular complexity index is 168. The first-order valence-electron chi connectivity index (χ1n) is 4.72. The molecule has 1 atom stereocenters. The summed E-state index contributed by atoms with van der Waals surface area (Å²) in [6.07, 6.45) is 0. The molecule has 0 radical (unpaired) electrons. The van der Waals surface area contributed by atoms with Gasteiger partial charge in [0, 0.05) is 5.88 Å². The van der Waals surface area contributed by atoms with Crippen molar-refractivity contribution in [1.82, 2.24) is 5.32 Å². The molecule has 0 aromatic carbocycles. The van der Waals surface area contributed by atoms with Crippen LogP contribution in [0.1, 0.15) is 0 Å². The van der Waals surface area contributed by atoms with Crippen LogP contribution < -0.4 is 5.32 Å². The normalized spacial score (nSPS) is 12.5. The Kier molecular flexibility index (Phi) is 9.92. The van der Waals surface area contributed by atoms with E-state index in [0.717, 1.165) is 0 Å². The van der Waals surface area contributed by atoms with Crippen LogP contribution in [0, 0.1) is 0 Å². The van der Waals surface area contributed by atoms with Crippen LogP contribution in [0.15, 0.2) is 0 Å². The number of alkyl halides is 1. The highest BCUT2D eigenvalue weighted by molar-refractivity contribution is 6.17. The standard InChI is InChI=1S/C9H18ClNO4/c1-11-8(9(12)13-2)7-15-6-5-14-4-3-10/h8,11H,3-7H2,1-2H3/t8-/m0/s1. The van der Waals surface area contributed by atoms with Crippen LogP contribution in [0.25, 0.3) is 0 Å². The molecule has 0 spiro atoms. The van der Waals surface area contributed by atoms with Gasteiger partial charge >= 0.3 is 5.97 Å². The third-order valence-corrected chi connectivity index (χ3v) is 1.87. The number of methoxy groups -OCH3 is 1. The summed E-state index contributed by atoms with van der Waals surface area (Å²) in [4.78, 5) is 11.1. The number of carbonyl (C=O) groups excluding carboxylic acids is 1. The summed E-state index contributed by atoms with van der Waals surface area (Å²) in [5.41, 5.74) is 0. The lowest BCUT2D eigenvalue weighted by molar-refractivity contribution is -0.144. The number of esters is 1. The van der Waals surface area contributed by atoms with Gasteiger partial charge in [0.15, 0.2) is 0 Å². The highest BCUT2D eigenvalue weighted by atomic mass is 35.5. The van der Waals surface area contributed by atoms with E-state index in [2.05, 4.69) is 10.1 Å². The molecule has 0 heterocycles. The van der Waals surface area contributed by atoms with Gasteiger partial charge in [-0.3, -0.25) is 4.79 Å². The fraction of sp³-hybridized carbons (Fsp3) is 0.889. The summed E-state index contributed by atoms with van der Waals surface area (Å²) in [6.45, 7) is 1.70. The lowest BCUT2D eigenvalue weighted by atomic mass is 10.3. The number of nitrogens with one attached hydrogen (secondary N) is 1. The maximum Gasteiger partial charge on any atom is 0.325 e. The van der Waals surface area contributed by atoms with Crippen LogP contribution in [-0.2, 0) is 19.0 Å². The van der Waals surface area contributed by atoms with Crippen molar-refractivity contribution >= 4 is 17.6 Å². The zero-order valence-corrected chi connectivity index (χ0v) is 9.88. The molecule has 0 bridgehead atoms. The minimum Gasteiger partial charge on any atom is -0.468 e.